The zero-order valence-electron chi connectivity index (χ0n) is 6.98. The summed E-state index contributed by atoms with van der Waals surface area (Å²) in [6.07, 6.45) is 3.10. The number of aromatic nitrogens is 2. The molecule has 0 aliphatic heterocycles. The van der Waals surface area contributed by atoms with E-state index in [1.54, 1.807) is 24.4 Å². The molecule has 14 heavy (non-hydrogen) atoms. The Balaban J connectivity index is 2.46. The lowest BCUT2D eigenvalue weighted by atomic mass is 10.2. The minimum atomic E-state index is -0.863. The molecule has 0 fully saturated rings. The van der Waals surface area contributed by atoms with Crippen LogP contribution >= 0.6 is 11.6 Å². The largest absolute Gasteiger partial charge is 0.414 e. The first kappa shape index (κ1) is 8.90. The number of carbonyl (C=O) groups is 1. The van der Waals surface area contributed by atoms with Crippen LogP contribution in [0, 0.1) is 0 Å². The molecule has 0 aliphatic carbocycles. The summed E-state index contributed by atoms with van der Waals surface area (Å²) in [5.41, 5.74) is -0.158. The Morgan fingerprint density at radius 1 is 1.43 bits per heavy atom. The molecule has 1 aromatic carbocycles. The van der Waals surface area contributed by atoms with Crippen molar-refractivity contribution in [3.63, 3.8) is 0 Å². The highest BCUT2D eigenvalue weighted by Crippen LogP contribution is 2.18. The van der Waals surface area contributed by atoms with Crippen LogP contribution in [0.2, 0.25) is 0 Å². The summed E-state index contributed by atoms with van der Waals surface area (Å²) in [5, 5.41) is 0.877. The summed E-state index contributed by atoms with van der Waals surface area (Å²) >= 11 is 5.07. The number of nitrogens with zero attached hydrogens (tertiary/aromatic N) is 2. The van der Waals surface area contributed by atoms with Crippen molar-refractivity contribution >= 4 is 27.9 Å². The Morgan fingerprint density at radius 2 is 2.29 bits per heavy atom. The van der Waals surface area contributed by atoms with Gasteiger partial charge in [-0.2, -0.15) is 0 Å². The van der Waals surface area contributed by atoms with Crippen LogP contribution in [0.15, 0.2) is 30.7 Å². The standard InChI is InChI=1S/C9H5ClN2O2/c10-9(13)14-7-2-1-6-4-11-5-12-8(6)3-7/h1-5H. The van der Waals surface area contributed by atoms with Gasteiger partial charge in [-0.15, -0.1) is 0 Å². The molecule has 0 aliphatic rings. The van der Waals surface area contributed by atoms with E-state index in [1.165, 1.54) is 6.33 Å². The van der Waals surface area contributed by atoms with Gasteiger partial charge >= 0.3 is 5.43 Å². The van der Waals surface area contributed by atoms with Gasteiger partial charge in [-0.3, -0.25) is 0 Å². The molecule has 0 amide bonds. The second-order valence-corrected chi connectivity index (χ2v) is 2.89. The lowest BCUT2D eigenvalue weighted by molar-refractivity contribution is 0.225. The van der Waals surface area contributed by atoms with Gasteiger partial charge in [0.15, 0.2) is 0 Å². The number of benzene rings is 1. The fourth-order valence-electron chi connectivity index (χ4n) is 1.11. The predicted octanol–water partition coefficient (Wildman–Crippen LogP) is 2.37. The maximum atomic E-state index is 10.5. The topological polar surface area (TPSA) is 52.1 Å². The van der Waals surface area contributed by atoms with E-state index < -0.39 is 5.43 Å². The maximum Gasteiger partial charge on any atom is 0.409 e. The molecular weight excluding hydrogens is 204 g/mol. The number of ether oxygens (including phenoxy) is 1. The van der Waals surface area contributed by atoms with Gasteiger partial charge in [0.25, 0.3) is 0 Å². The molecule has 2 rings (SSSR count). The van der Waals surface area contributed by atoms with Gasteiger partial charge in [-0.25, -0.2) is 14.8 Å². The van der Waals surface area contributed by atoms with Crippen molar-refractivity contribution in [2.24, 2.45) is 0 Å². The molecule has 0 bridgehead atoms. The Morgan fingerprint density at radius 3 is 3.07 bits per heavy atom. The number of hydrogen-bond acceptors (Lipinski definition) is 4. The fraction of sp³-hybridized carbons (Fsp3) is 0. The molecule has 0 saturated heterocycles. The number of carbonyl (C=O) groups excluding carboxylic acids is 1. The molecule has 0 radical (unpaired) electrons. The Labute approximate surface area is 84.5 Å². The number of fused-ring (bicyclic) bond motifs is 1. The summed E-state index contributed by atoms with van der Waals surface area (Å²) in [7, 11) is 0. The predicted molar refractivity (Wildman–Crippen MR) is 51.4 cm³/mol. The van der Waals surface area contributed by atoms with Crippen molar-refractivity contribution in [1.29, 1.82) is 0 Å². The van der Waals surface area contributed by atoms with Crippen LogP contribution in [0.3, 0.4) is 0 Å². The second-order valence-electron chi connectivity index (χ2n) is 2.58. The van der Waals surface area contributed by atoms with Gasteiger partial charge in [-0.05, 0) is 12.1 Å². The molecule has 0 saturated carbocycles. The molecule has 5 heteroatoms. The average molecular weight is 209 g/mol. The lowest BCUT2D eigenvalue weighted by Crippen LogP contribution is -1.95. The highest BCUT2D eigenvalue weighted by atomic mass is 35.5. The average Bonchev–Trinajstić information content (AvgIpc) is 2.17. The smallest absolute Gasteiger partial charge is 0.409 e. The molecule has 0 spiro atoms. The zero-order chi connectivity index (χ0) is 9.97. The third kappa shape index (κ3) is 1.80. The first-order valence-electron chi connectivity index (χ1n) is 3.83. The van der Waals surface area contributed by atoms with Gasteiger partial charge in [0.2, 0.25) is 0 Å². The Bertz CT molecular complexity index is 487. The van der Waals surface area contributed by atoms with E-state index in [-0.39, 0.29) is 0 Å². The summed E-state index contributed by atoms with van der Waals surface area (Å²) in [6.45, 7) is 0. The van der Waals surface area contributed by atoms with Crippen molar-refractivity contribution in [2.75, 3.05) is 0 Å². The first-order chi connectivity index (χ1) is 6.75. The Hall–Kier alpha value is -1.68. The van der Waals surface area contributed by atoms with Crippen LogP contribution < -0.4 is 4.74 Å². The zero-order valence-corrected chi connectivity index (χ0v) is 7.73. The van der Waals surface area contributed by atoms with E-state index in [9.17, 15) is 4.79 Å². The van der Waals surface area contributed by atoms with Gasteiger partial charge in [0.1, 0.15) is 12.1 Å². The summed E-state index contributed by atoms with van der Waals surface area (Å²) < 4.78 is 4.69. The minimum absolute atomic E-state index is 0.371. The summed E-state index contributed by atoms with van der Waals surface area (Å²) in [6, 6.07) is 5.01. The van der Waals surface area contributed by atoms with Gasteiger partial charge in [0.05, 0.1) is 5.52 Å². The molecule has 0 atom stereocenters. The normalized spacial score (nSPS) is 10.1. The van der Waals surface area contributed by atoms with Crippen LogP contribution in [-0.2, 0) is 0 Å². The van der Waals surface area contributed by atoms with E-state index in [0.29, 0.717) is 11.3 Å². The molecule has 0 unspecified atom stereocenters. The van der Waals surface area contributed by atoms with Crippen LogP contribution in [0.25, 0.3) is 10.9 Å². The quantitative estimate of drug-likeness (QED) is 0.675. The fourth-order valence-corrected chi connectivity index (χ4v) is 1.20. The molecule has 1 aromatic heterocycles. The number of rotatable bonds is 1. The molecule has 2 aromatic rings. The highest BCUT2D eigenvalue weighted by Gasteiger charge is 2.01. The monoisotopic (exact) mass is 208 g/mol. The lowest BCUT2D eigenvalue weighted by Gasteiger charge is -2.00. The molecule has 4 nitrogen and oxygen atoms in total. The minimum Gasteiger partial charge on any atom is -0.414 e. The molecule has 0 N–H and O–H groups in total. The van der Waals surface area contributed by atoms with E-state index in [4.69, 9.17) is 11.6 Å². The second kappa shape index (κ2) is 3.59. The van der Waals surface area contributed by atoms with Gasteiger partial charge in [0, 0.05) is 29.3 Å². The summed E-state index contributed by atoms with van der Waals surface area (Å²) in [5.74, 6) is 0.371. The molecular formula is C9H5ClN2O2. The van der Waals surface area contributed by atoms with Crippen LogP contribution in [-0.4, -0.2) is 15.4 Å². The van der Waals surface area contributed by atoms with E-state index >= 15 is 0 Å². The molecule has 70 valence electrons. The Kier molecular flexibility index (Phi) is 2.28. The number of halogens is 1. The van der Waals surface area contributed by atoms with Gasteiger partial charge in [-0.1, -0.05) is 0 Å². The van der Waals surface area contributed by atoms with Crippen LogP contribution in [0.1, 0.15) is 0 Å². The molecule has 1 heterocycles. The van der Waals surface area contributed by atoms with Crippen LogP contribution in [0.5, 0.6) is 5.75 Å². The van der Waals surface area contributed by atoms with E-state index in [0.717, 1.165) is 5.39 Å². The number of hydrogen-bond donors (Lipinski definition) is 0. The highest BCUT2D eigenvalue weighted by molar-refractivity contribution is 6.61. The van der Waals surface area contributed by atoms with E-state index in [1.807, 2.05) is 0 Å². The SMILES string of the molecule is O=C(Cl)Oc1ccc2cncnc2c1. The van der Waals surface area contributed by atoms with Crippen molar-refractivity contribution < 1.29 is 9.53 Å². The van der Waals surface area contributed by atoms with Crippen molar-refractivity contribution in [3.8, 4) is 5.75 Å². The van der Waals surface area contributed by atoms with E-state index in [2.05, 4.69) is 14.7 Å². The van der Waals surface area contributed by atoms with Crippen molar-refractivity contribution in [1.82, 2.24) is 9.97 Å². The summed E-state index contributed by atoms with van der Waals surface area (Å²) in [4.78, 5) is 18.3. The first-order valence-corrected chi connectivity index (χ1v) is 4.20. The van der Waals surface area contributed by atoms with Crippen molar-refractivity contribution in [3.05, 3.63) is 30.7 Å². The van der Waals surface area contributed by atoms with Gasteiger partial charge < -0.3 is 4.74 Å². The van der Waals surface area contributed by atoms with Crippen LogP contribution in [0.4, 0.5) is 4.79 Å². The third-order valence-corrected chi connectivity index (χ3v) is 1.75. The third-order valence-electron chi connectivity index (χ3n) is 1.68. The maximum absolute atomic E-state index is 10.5. The van der Waals surface area contributed by atoms with Crippen molar-refractivity contribution in [2.45, 2.75) is 0 Å².